The normalized spacial score (nSPS) is 25.9. The molecule has 1 fully saturated rings. The van der Waals surface area contributed by atoms with Crippen LogP contribution < -0.4 is 11.5 Å². The van der Waals surface area contributed by atoms with E-state index in [4.69, 9.17) is 16.5 Å². The summed E-state index contributed by atoms with van der Waals surface area (Å²) < 4.78 is 0. The molecule has 1 aromatic heterocycles. The number of nitrogens with zero attached hydrogens (tertiary/aromatic N) is 1. The molecule has 1 aliphatic carbocycles. The van der Waals surface area contributed by atoms with Gasteiger partial charge < -0.3 is 11.5 Å². The van der Waals surface area contributed by atoms with Crippen molar-refractivity contribution in [3.63, 3.8) is 0 Å². The highest BCUT2D eigenvalue weighted by Crippen LogP contribution is 2.40. The summed E-state index contributed by atoms with van der Waals surface area (Å²) in [6.45, 7) is 2.03. The minimum absolute atomic E-state index is 0.0895. The lowest BCUT2D eigenvalue weighted by atomic mass is 9.70. The third-order valence-electron chi connectivity index (χ3n) is 4.70. The fourth-order valence-electron chi connectivity index (χ4n) is 3.46. The molecule has 110 valence electrons. The van der Waals surface area contributed by atoms with Crippen LogP contribution in [0.4, 0.5) is 0 Å². The molecule has 1 amide bonds. The van der Waals surface area contributed by atoms with Crippen LogP contribution in [0.5, 0.6) is 0 Å². The van der Waals surface area contributed by atoms with E-state index in [1.807, 2.05) is 31.2 Å². The number of hydrogen-bond acceptors (Lipinski definition) is 3. The van der Waals surface area contributed by atoms with Gasteiger partial charge in [-0.25, -0.2) is 0 Å². The molecule has 2 unspecified atom stereocenters. The highest BCUT2D eigenvalue weighted by atomic mass is 16.1. The van der Waals surface area contributed by atoms with Gasteiger partial charge in [0, 0.05) is 17.0 Å². The quantitative estimate of drug-likeness (QED) is 0.887. The lowest BCUT2D eigenvalue weighted by Gasteiger charge is -2.38. The van der Waals surface area contributed by atoms with Crippen molar-refractivity contribution in [1.29, 1.82) is 0 Å². The second-order valence-corrected chi connectivity index (χ2v) is 6.09. The number of hydrogen-bond donors (Lipinski definition) is 2. The van der Waals surface area contributed by atoms with E-state index in [0.29, 0.717) is 6.42 Å². The Bertz CT molecular complexity index is 697. The van der Waals surface area contributed by atoms with Crippen LogP contribution in [0.2, 0.25) is 0 Å². The molecule has 1 heterocycles. The minimum Gasteiger partial charge on any atom is -0.368 e. The van der Waals surface area contributed by atoms with Crippen molar-refractivity contribution in [3.05, 3.63) is 41.6 Å². The molecule has 0 aliphatic heterocycles. The van der Waals surface area contributed by atoms with Gasteiger partial charge in [-0.15, -0.1) is 0 Å². The molecule has 3 rings (SSSR count). The number of carbonyl (C=O) groups is 1. The van der Waals surface area contributed by atoms with Crippen molar-refractivity contribution in [1.82, 2.24) is 4.98 Å². The molecular formula is C17H21N3O. The maximum absolute atomic E-state index is 11.9. The smallest absolute Gasteiger partial charge is 0.238 e. The van der Waals surface area contributed by atoms with Crippen molar-refractivity contribution in [2.45, 2.75) is 44.1 Å². The first kappa shape index (κ1) is 14.0. The summed E-state index contributed by atoms with van der Waals surface area (Å²) in [5, 5.41) is 1.11. The number of amides is 1. The first-order valence-electron chi connectivity index (χ1n) is 7.47. The number of aromatic nitrogens is 1. The predicted octanol–water partition coefficient (Wildman–Crippen LogP) is 2.38. The lowest BCUT2D eigenvalue weighted by Crippen LogP contribution is -2.57. The largest absolute Gasteiger partial charge is 0.368 e. The van der Waals surface area contributed by atoms with Gasteiger partial charge in [0.25, 0.3) is 0 Å². The summed E-state index contributed by atoms with van der Waals surface area (Å²) in [6, 6.07) is 10.1. The number of nitrogens with two attached hydrogens (primary N) is 2. The number of rotatable bonds is 2. The minimum atomic E-state index is -0.974. The summed E-state index contributed by atoms with van der Waals surface area (Å²) in [7, 11) is 0. The molecule has 1 saturated carbocycles. The first-order chi connectivity index (χ1) is 10.0. The number of primary amides is 1. The van der Waals surface area contributed by atoms with E-state index in [1.54, 1.807) is 0 Å². The van der Waals surface area contributed by atoms with Crippen LogP contribution >= 0.6 is 0 Å². The molecule has 0 bridgehead atoms. The van der Waals surface area contributed by atoms with Crippen LogP contribution in [0.15, 0.2) is 30.3 Å². The molecule has 4 N–H and O–H groups in total. The number of benzene rings is 1. The van der Waals surface area contributed by atoms with E-state index >= 15 is 0 Å². The Hall–Kier alpha value is -1.94. The van der Waals surface area contributed by atoms with Gasteiger partial charge >= 0.3 is 0 Å². The molecule has 1 aliphatic rings. The van der Waals surface area contributed by atoms with Crippen molar-refractivity contribution in [3.8, 4) is 0 Å². The van der Waals surface area contributed by atoms with Crippen LogP contribution in [0.25, 0.3) is 10.9 Å². The standard InChI is InChI=1S/C17H21N3O/c1-11-10-12-6-2-3-8-14(12)20-15(11)13-7-4-5-9-17(13,19)16(18)21/h2-3,6,8,10,13H,4-5,7,9,19H2,1H3,(H2,18,21). The second-order valence-electron chi connectivity index (χ2n) is 6.09. The number of para-hydroxylation sites is 1. The number of carbonyl (C=O) groups excluding carboxylic acids is 1. The number of fused-ring (bicyclic) bond motifs is 1. The van der Waals surface area contributed by atoms with Gasteiger partial charge in [0.1, 0.15) is 5.54 Å². The molecular weight excluding hydrogens is 262 g/mol. The zero-order valence-electron chi connectivity index (χ0n) is 12.3. The maximum atomic E-state index is 11.9. The highest BCUT2D eigenvalue weighted by Gasteiger charge is 2.44. The zero-order chi connectivity index (χ0) is 15.0. The third-order valence-corrected chi connectivity index (χ3v) is 4.70. The van der Waals surface area contributed by atoms with E-state index in [1.165, 1.54) is 0 Å². The van der Waals surface area contributed by atoms with Crippen molar-refractivity contribution in [2.24, 2.45) is 11.5 Å². The summed E-state index contributed by atoms with van der Waals surface area (Å²) in [5.74, 6) is -0.505. The van der Waals surface area contributed by atoms with E-state index < -0.39 is 11.4 Å². The SMILES string of the molecule is Cc1cc2ccccc2nc1C1CCCCC1(N)C(N)=O. The Balaban J connectivity index is 2.13. The average molecular weight is 283 g/mol. The molecule has 2 atom stereocenters. The molecule has 21 heavy (non-hydrogen) atoms. The molecule has 4 heteroatoms. The van der Waals surface area contributed by atoms with Crippen molar-refractivity contribution in [2.75, 3.05) is 0 Å². The number of pyridine rings is 1. The Kier molecular flexibility index (Phi) is 3.41. The summed E-state index contributed by atoms with van der Waals surface area (Å²) in [5.41, 5.74) is 13.9. The predicted molar refractivity (Wildman–Crippen MR) is 83.8 cm³/mol. The fourth-order valence-corrected chi connectivity index (χ4v) is 3.46. The summed E-state index contributed by atoms with van der Waals surface area (Å²) in [6.07, 6.45) is 3.51. The second kappa shape index (κ2) is 5.11. The fraction of sp³-hybridized carbons (Fsp3) is 0.412. The molecule has 0 saturated heterocycles. The van der Waals surface area contributed by atoms with Crippen molar-refractivity contribution >= 4 is 16.8 Å². The van der Waals surface area contributed by atoms with Gasteiger partial charge in [-0.3, -0.25) is 9.78 Å². The van der Waals surface area contributed by atoms with E-state index in [9.17, 15) is 4.79 Å². The van der Waals surface area contributed by atoms with Crippen LogP contribution in [0.3, 0.4) is 0 Å². The molecule has 1 aromatic carbocycles. The molecule has 4 nitrogen and oxygen atoms in total. The van der Waals surface area contributed by atoms with Gasteiger partial charge in [0.2, 0.25) is 5.91 Å². The number of aryl methyl sites for hydroxylation is 1. The van der Waals surface area contributed by atoms with Gasteiger partial charge in [0.05, 0.1) is 5.52 Å². The van der Waals surface area contributed by atoms with Crippen LogP contribution in [-0.4, -0.2) is 16.4 Å². The van der Waals surface area contributed by atoms with Crippen LogP contribution in [0.1, 0.15) is 42.9 Å². The molecule has 2 aromatic rings. The topological polar surface area (TPSA) is 82.0 Å². The average Bonchev–Trinajstić information content (AvgIpc) is 2.47. The Morgan fingerprint density at radius 3 is 2.86 bits per heavy atom. The van der Waals surface area contributed by atoms with Crippen LogP contribution in [0, 0.1) is 6.92 Å². The Morgan fingerprint density at radius 2 is 2.10 bits per heavy atom. The van der Waals surface area contributed by atoms with E-state index in [0.717, 1.165) is 41.4 Å². The highest BCUT2D eigenvalue weighted by molar-refractivity contribution is 5.86. The molecule has 0 spiro atoms. The first-order valence-corrected chi connectivity index (χ1v) is 7.47. The zero-order valence-corrected chi connectivity index (χ0v) is 12.3. The van der Waals surface area contributed by atoms with Crippen LogP contribution in [-0.2, 0) is 4.79 Å². The Morgan fingerprint density at radius 1 is 1.33 bits per heavy atom. The summed E-state index contributed by atoms with van der Waals surface area (Å²) >= 11 is 0. The van der Waals surface area contributed by atoms with Gasteiger partial charge in [0.15, 0.2) is 0 Å². The van der Waals surface area contributed by atoms with Gasteiger partial charge in [-0.05, 0) is 37.5 Å². The summed E-state index contributed by atoms with van der Waals surface area (Å²) in [4.78, 5) is 16.7. The van der Waals surface area contributed by atoms with E-state index in [2.05, 4.69) is 6.07 Å². The van der Waals surface area contributed by atoms with Gasteiger partial charge in [-0.1, -0.05) is 31.0 Å². The van der Waals surface area contributed by atoms with E-state index in [-0.39, 0.29) is 5.92 Å². The molecule has 0 radical (unpaired) electrons. The van der Waals surface area contributed by atoms with Crippen molar-refractivity contribution < 1.29 is 4.79 Å². The monoisotopic (exact) mass is 283 g/mol. The van der Waals surface area contributed by atoms with Gasteiger partial charge in [-0.2, -0.15) is 0 Å². The maximum Gasteiger partial charge on any atom is 0.238 e. The third kappa shape index (κ3) is 2.29. The lowest BCUT2D eigenvalue weighted by molar-refractivity contribution is -0.125. The Labute approximate surface area is 124 Å².